The zero-order chi connectivity index (χ0) is 19.0. The SMILES string of the molecule is CCCCCCCCCCCCCCCCCCCCCCCCCO.[Nb]. The summed E-state index contributed by atoms with van der Waals surface area (Å²) in [4.78, 5) is 0. The van der Waals surface area contributed by atoms with Crippen molar-refractivity contribution in [2.45, 2.75) is 155 Å². The van der Waals surface area contributed by atoms with Crippen LogP contribution >= 0.6 is 0 Å². The fraction of sp³-hybridized carbons (Fsp3) is 1.00. The molecule has 0 unspecified atom stereocenters. The second-order valence-corrected chi connectivity index (χ2v) is 8.50. The molecule has 0 spiro atoms. The molecule has 163 valence electrons. The fourth-order valence-electron chi connectivity index (χ4n) is 3.90. The maximum atomic E-state index is 8.73. The first-order valence-corrected chi connectivity index (χ1v) is 12.5. The monoisotopic (exact) mass is 461 g/mol. The average Bonchev–Trinajstić information content (AvgIpc) is 2.66. The van der Waals surface area contributed by atoms with Gasteiger partial charge in [-0.1, -0.05) is 148 Å². The minimum atomic E-state index is 0. The summed E-state index contributed by atoms with van der Waals surface area (Å²) in [5, 5.41) is 8.73. The van der Waals surface area contributed by atoms with E-state index in [1.54, 1.807) is 0 Å². The Bertz CT molecular complexity index is 208. The molecule has 1 N–H and O–H groups in total. The molecule has 0 aromatic rings. The van der Waals surface area contributed by atoms with Crippen LogP contribution in [0.4, 0.5) is 0 Å². The Labute approximate surface area is 188 Å². The van der Waals surface area contributed by atoms with E-state index >= 15 is 0 Å². The Hall–Kier alpha value is 0.700. The van der Waals surface area contributed by atoms with Gasteiger partial charge in [0.2, 0.25) is 0 Å². The Morgan fingerprint density at radius 3 is 0.704 bits per heavy atom. The number of hydrogen-bond donors (Lipinski definition) is 1. The van der Waals surface area contributed by atoms with Crippen molar-refractivity contribution in [1.29, 1.82) is 0 Å². The smallest absolute Gasteiger partial charge is 0.0431 e. The molecular weight excluding hydrogens is 409 g/mol. The van der Waals surface area contributed by atoms with Crippen LogP contribution in [0, 0.1) is 0 Å². The van der Waals surface area contributed by atoms with Crippen LogP contribution in [0.15, 0.2) is 0 Å². The van der Waals surface area contributed by atoms with E-state index < -0.39 is 0 Å². The Morgan fingerprint density at radius 2 is 0.519 bits per heavy atom. The van der Waals surface area contributed by atoms with Crippen molar-refractivity contribution in [3.63, 3.8) is 0 Å². The molecule has 0 amide bonds. The van der Waals surface area contributed by atoms with E-state index in [4.69, 9.17) is 5.11 Å². The van der Waals surface area contributed by atoms with E-state index in [9.17, 15) is 0 Å². The van der Waals surface area contributed by atoms with Crippen molar-refractivity contribution < 1.29 is 27.5 Å². The summed E-state index contributed by atoms with van der Waals surface area (Å²) in [6, 6.07) is 0. The van der Waals surface area contributed by atoms with Crippen molar-refractivity contribution in [1.82, 2.24) is 0 Å². The molecule has 0 atom stereocenters. The Morgan fingerprint density at radius 1 is 0.333 bits per heavy atom. The first-order chi connectivity index (χ1) is 12.9. The molecule has 0 heterocycles. The number of hydrogen-bond acceptors (Lipinski definition) is 1. The number of aliphatic hydroxyl groups excluding tert-OH is 1. The van der Waals surface area contributed by atoms with Gasteiger partial charge in [-0.3, -0.25) is 0 Å². The maximum Gasteiger partial charge on any atom is 0.0431 e. The third-order valence-electron chi connectivity index (χ3n) is 5.76. The summed E-state index contributed by atoms with van der Waals surface area (Å²) in [6.07, 6.45) is 32.6. The molecule has 0 aliphatic carbocycles. The molecule has 0 aliphatic heterocycles. The molecule has 27 heavy (non-hydrogen) atoms. The molecule has 0 fully saturated rings. The maximum absolute atomic E-state index is 8.73. The first kappa shape index (κ1) is 29.9. The summed E-state index contributed by atoms with van der Waals surface area (Å²) in [6.45, 7) is 2.67. The standard InChI is InChI=1S/C25H52O.Nb/c1-2-3-4-5-6-7-8-9-10-11-12-13-14-15-16-17-18-19-20-21-22-23-24-25-26;/h26H,2-25H2,1H3;. The van der Waals surface area contributed by atoms with Crippen molar-refractivity contribution in [3.8, 4) is 0 Å². The van der Waals surface area contributed by atoms with E-state index in [2.05, 4.69) is 6.92 Å². The normalized spacial score (nSPS) is 10.9. The van der Waals surface area contributed by atoms with Gasteiger partial charge in [-0.2, -0.15) is 0 Å². The van der Waals surface area contributed by atoms with Crippen LogP contribution in [0.3, 0.4) is 0 Å². The molecule has 0 saturated carbocycles. The fourth-order valence-corrected chi connectivity index (χ4v) is 3.90. The molecule has 0 rings (SSSR count). The second-order valence-electron chi connectivity index (χ2n) is 8.50. The molecular formula is C25H52NbO. The van der Waals surface area contributed by atoms with Crippen LogP contribution in [0.1, 0.15) is 155 Å². The van der Waals surface area contributed by atoms with Crippen molar-refractivity contribution in [2.24, 2.45) is 0 Å². The van der Waals surface area contributed by atoms with Gasteiger partial charge < -0.3 is 5.11 Å². The quantitative estimate of drug-likeness (QED) is 0.119. The summed E-state index contributed by atoms with van der Waals surface area (Å²) in [7, 11) is 0. The van der Waals surface area contributed by atoms with Crippen LogP contribution < -0.4 is 0 Å². The molecule has 2 heteroatoms. The van der Waals surface area contributed by atoms with Gasteiger partial charge in [-0.15, -0.1) is 0 Å². The number of unbranched alkanes of at least 4 members (excludes halogenated alkanes) is 22. The largest absolute Gasteiger partial charge is 0.396 e. The first-order valence-electron chi connectivity index (χ1n) is 12.5. The molecule has 0 saturated heterocycles. The summed E-state index contributed by atoms with van der Waals surface area (Å²) >= 11 is 0. The van der Waals surface area contributed by atoms with Gasteiger partial charge in [0.15, 0.2) is 0 Å². The van der Waals surface area contributed by atoms with Crippen molar-refractivity contribution in [3.05, 3.63) is 0 Å². The van der Waals surface area contributed by atoms with E-state index in [-0.39, 0.29) is 22.4 Å². The predicted octanol–water partition coefficient (Wildman–Crippen LogP) is 8.97. The summed E-state index contributed by atoms with van der Waals surface area (Å²) in [5.74, 6) is 0. The van der Waals surface area contributed by atoms with Crippen LogP contribution in [-0.4, -0.2) is 11.7 Å². The van der Waals surface area contributed by atoms with E-state index in [0.29, 0.717) is 6.61 Å². The van der Waals surface area contributed by atoms with Crippen molar-refractivity contribution >= 4 is 0 Å². The van der Waals surface area contributed by atoms with Crippen LogP contribution in [-0.2, 0) is 22.4 Å². The second kappa shape index (κ2) is 28.9. The number of rotatable bonds is 23. The molecule has 0 aliphatic rings. The topological polar surface area (TPSA) is 20.2 Å². The van der Waals surface area contributed by atoms with Crippen LogP contribution in [0.2, 0.25) is 0 Å². The average molecular weight is 462 g/mol. The predicted molar refractivity (Wildman–Crippen MR) is 119 cm³/mol. The van der Waals surface area contributed by atoms with E-state index in [1.807, 2.05) is 0 Å². The van der Waals surface area contributed by atoms with E-state index in [0.717, 1.165) is 6.42 Å². The molecule has 0 aromatic carbocycles. The van der Waals surface area contributed by atoms with Gasteiger partial charge in [-0.25, -0.2) is 0 Å². The van der Waals surface area contributed by atoms with Gasteiger partial charge in [0.1, 0.15) is 0 Å². The Kier molecular flexibility index (Phi) is 32.0. The summed E-state index contributed by atoms with van der Waals surface area (Å²) in [5.41, 5.74) is 0. The Balaban J connectivity index is 0. The third kappa shape index (κ3) is 29.0. The zero-order valence-electron chi connectivity index (χ0n) is 18.9. The van der Waals surface area contributed by atoms with Crippen LogP contribution in [0.25, 0.3) is 0 Å². The van der Waals surface area contributed by atoms with Gasteiger partial charge in [0.25, 0.3) is 0 Å². The molecule has 1 nitrogen and oxygen atoms in total. The van der Waals surface area contributed by atoms with Gasteiger partial charge in [0, 0.05) is 29.0 Å². The minimum Gasteiger partial charge on any atom is -0.396 e. The third-order valence-corrected chi connectivity index (χ3v) is 5.76. The molecule has 0 aromatic heterocycles. The van der Waals surface area contributed by atoms with Gasteiger partial charge in [-0.05, 0) is 6.42 Å². The van der Waals surface area contributed by atoms with E-state index in [1.165, 1.54) is 141 Å². The summed E-state index contributed by atoms with van der Waals surface area (Å²) < 4.78 is 0. The zero-order valence-corrected chi connectivity index (χ0v) is 21.1. The van der Waals surface area contributed by atoms with Gasteiger partial charge in [0.05, 0.1) is 0 Å². The molecule has 0 bridgehead atoms. The van der Waals surface area contributed by atoms with Crippen molar-refractivity contribution in [2.75, 3.05) is 6.61 Å². The number of aliphatic hydroxyl groups is 1. The van der Waals surface area contributed by atoms with Gasteiger partial charge >= 0.3 is 0 Å². The molecule has 1 radical (unpaired) electrons. The van der Waals surface area contributed by atoms with Crippen LogP contribution in [0.5, 0.6) is 0 Å². The minimum absolute atomic E-state index is 0.